The third kappa shape index (κ3) is 3.03. The van der Waals surface area contributed by atoms with E-state index in [9.17, 15) is 14.7 Å². The van der Waals surface area contributed by atoms with E-state index in [0.717, 1.165) is 28.2 Å². The summed E-state index contributed by atoms with van der Waals surface area (Å²) in [5.74, 6) is -1.33. The van der Waals surface area contributed by atoms with Crippen molar-refractivity contribution in [1.29, 1.82) is 0 Å². The van der Waals surface area contributed by atoms with E-state index in [1.165, 1.54) is 0 Å². The maximum atomic E-state index is 12.1. The number of anilines is 1. The van der Waals surface area contributed by atoms with Gasteiger partial charge in [-0.1, -0.05) is 30.3 Å². The summed E-state index contributed by atoms with van der Waals surface area (Å²) < 4.78 is 5.32. The quantitative estimate of drug-likeness (QED) is 0.908. The van der Waals surface area contributed by atoms with Gasteiger partial charge in [0.05, 0.1) is 5.69 Å². The van der Waals surface area contributed by atoms with Crippen LogP contribution in [0.4, 0.5) is 5.69 Å². The van der Waals surface area contributed by atoms with E-state index in [4.69, 9.17) is 4.74 Å². The first-order valence-electron chi connectivity index (χ1n) is 7.00. The van der Waals surface area contributed by atoms with Gasteiger partial charge < -0.3 is 15.2 Å². The number of hydrogen-bond acceptors (Lipinski definition) is 4. The number of nitrogens with one attached hydrogen (secondary N) is 1. The smallest absolute Gasteiger partial charge is 0.348 e. The van der Waals surface area contributed by atoms with Gasteiger partial charge in [0, 0.05) is 11.5 Å². The highest BCUT2D eigenvalue weighted by molar-refractivity contribution is 7.18. The summed E-state index contributed by atoms with van der Waals surface area (Å²) >= 11 is 1.15. The summed E-state index contributed by atoms with van der Waals surface area (Å²) in [6.07, 6.45) is 1.04. The van der Waals surface area contributed by atoms with Gasteiger partial charge in [0.1, 0.15) is 11.0 Å². The van der Waals surface area contributed by atoms with Crippen LogP contribution < -0.4 is 5.32 Å². The summed E-state index contributed by atoms with van der Waals surface area (Å²) in [6.45, 7) is 0.572. The number of aromatic carboxylic acids is 1. The Kier molecular flexibility index (Phi) is 4.22. The van der Waals surface area contributed by atoms with Crippen LogP contribution in [0.3, 0.4) is 0 Å². The summed E-state index contributed by atoms with van der Waals surface area (Å²) in [5, 5.41) is 12.0. The topological polar surface area (TPSA) is 75.6 Å². The van der Waals surface area contributed by atoms with E-state index in [1.54, 1.807) is 6.07 Å². The van der Waals surface area contributed by atoms with Crippen molar-refractivity contribution in [2.24, 2.45) is 0 Å². The number of rotatable bonds is 4. The van der Waals surface area contributed by atoms with Gasteiger partial charge in [0.15, 0.2) is 0 Å². The monoisotopic (exact) mass is 317 g/mol. The molecule has 1 aliphatic rings. The molecule has 2 N–H and O–H groups in total. The van der Waals surface area contributed by atoms with Gasteiger partial charge >= 0.3 is 5.97 Å². The molecule has 0 spiro atoms. The lowest BCUT2D eigenvalue weighted by Crippen LogP contribution is -2.27. The molecule has 1 aliphatic heterocycles. The minimum Gasteiger partial charge on any atom is -0.477 e. The van der Waals surface area contributed by atoms with E-state index >= 15 is 0 Å². The zero-order chi connectivity index (χ0) is 15.5. The number of benzene rings is 1. The van der Waals surface area contributed by atoms with Crippen molar-refractivity contribution < 1.29 is 19.4 Å². The molecule has 0 saturated carbocycles. The molecule has 22 heavy (non-hydrogen) atoms. The number of carbonyl (C=O) groups is 2. The van der Waals surface area contributed by atoms with Crippen molar-refractivity contribution in [2.75, 3.05) is 11.9 Å². The Bertz CT molecular complexity index is 689. The molecule has 0 bridgehead atoms. The Labute approximate surface area is 131 Å². The first-order valence-corrected chi connectivity index (χ1v) is 7.82. The van der Waals surface area contributed by atoms with E-state index < -0.39 is 12.1 Å². The second-order valence-electron chi connectivity index (χ2n) is 5.02. The molecule has 2 heterocycles. The molecule has 1 fully saturated rings. The third-order valence-electron chi connectivity index (χ3n) is 3.46. The second kappa shape index (κ2) is 6.29. The summed E-state index contributed by atoms with van der Waals surface area (Å²) in [7, 11) is 0. The molecule has 3 rings (SSSR count). The standard InChI is InChI=1S/C16H15NO4S/c18-15(12-7-4-8-21-12)17-11-9-13(22-14(11)16(19)20)10-5-2-1-3-6-10/h1-3,5-6,9,12H,4,7-8H2,(H,17,18)(H,19,20)/t12-/m0/s1. The molecule has 1 saturated heterocycles. The van der Waals surface area contributed by atoms with E-state index in [1.807, 2.05) is 30.3 Å². The number of carboxylic acids is 1. The van der Waals surface area contributed by atoms with Crippen LogP contribution >= 0.6 is 11.3 Å². The first kappa shape index (κ1) is 14.7. The van der Waals surface area contributed by atoms with Gasteiger partial charge in [-0.25, -0.2) is 4.79 Å². The maximum absolute atomic E-state index is 12.1. The highest BCUT2D eigenvalue weighted by Gasteiger charge is 2.26. The Morgan fingerprint density at radius 3 is 2.68 bits per heavy atom. The Morgan fingerprint density at radius 1 is 1.27 bits per heavy atom. The normalized spacial score (nSPS) is 17.4. The summed E-state index contributed by atoms with van der Waals surface area (Å²) in [6, 6.07) is 11.2. The van der Waals surface area contributed by atoms with Crippen molar-refractivity contribution >= 4 is 28.9 Å². The third-order valence-corrected chi connectivity index (χ3v) is 4.64. The van der Waals surface area contributed by atoms with Crippen molar-refractivity contribution in [1.82, 2.24) is 0 Å². The van der Waals surface area contributed by atoms with E-state index in [2.05, 4.69) is 5.32 Å². The Balaban J connectivity index is 1.87. The highest BCUT2D eigenvalue weighted by Crippen LogP contribution is 2.35. The molecule has 2 aromatic rings. The number of carboxylic acid groups (broad SMARTS) is 1. The largest absolute Gasteiger partial charge is 0.477 e. The molecular weight excluding hydrogens is 302 g/mol. The van der Waals surface area contributed by atoms with Crippen LogP contribution in [0.15, 0.2) is 36.4 Å². The molecule has 0 radical (unpaired) electrons. The van der Waals surface area contributed by atoms with Gasteiger partial charge in [0.2, 0.25) is 0 Å². The summed E-state index contributed by atoms with van der Waals surface area (Å²) in [4.78, 5) is 24.4. The molecule has 1 aromatic heterocycles. The van der Waals surface area contributed by atoms with Crippen LogP contribution in [0.1, 0.15) is 22.5 Å². The van der Waals surface area contributed by atoms with Crippen LogP contribution in [-0.4, -0.2) is 29.7 Å². The predicted molar refractivity (Wildman–Crippen MR) is 84.3 cm³/mol. The molecule has 6 heteroatoms. The van der Waals surface area contributed by atoms with Gasteiger partial charge in [-0.3, -0.25) is 4.79 Å². The van der Waals surface area contributed by atoms with Gasteiger partial charge in [-0.05, 0) is 24.5 Å². The van der Waals surface area contributed by atoms with Gasteiger partial charge in [0.25, 0.3) is 5.91 Å². The van der Waals surface area contributed by atoms with Gasteiger partial charge in [-0.2, -0.15) is 0 Å². The Hall–Kier alpha value is -2.18. The molecule has 1 aromatic carbocycles. The number of ether oxygens (including phenoxy) is 1. The lowest BCUT2D eigenvalue weighted by atomic mass is 10.2. The van der Waals surface area contributed by atoms with Crippen molar-refractivity contribution in [3.05, 3.63) is 41.3 Å². The lowest BCUT2D eigenvalue weighted by Gasteiger charge is -2.09. The number of amides is 1. The lowest BCUT2D eigenvalue weighted by molar-refractivity contribution is -0.124. The van der Waals surface area contributed by atoms with Crippen LogP contribution in [0, 0.1) is 0 Å². The molecule has 0 unspecified atom stereocenters. The maximum Gasteiger partial charge on any atom is 0.348 e. The van der Waals surface area contributed by atoms with E-state index in [0.29, 0.717) is 18.7 Å². The average molecular weight is 317 g/mol. The molecule has 114 valence electrons. The number of carbonyl (C=O) groups excluding carboxylic acids is 1. The fourth-order valence-electron chi connectivity index (χ4n) is 2.39. The van der Waals surface area contributed by atoms with Crippen molar-refractivity contribution in [3.63, 3.8) is 0 Å². The van der Waals surface area contributed by atoms with Crippen LogP contribution in [0.2, 0.25) is 0 Å². The molecular formula is C16H15NO4S. The minimum atomic E-state index is -1.05. The minimum absolute atomic E-state index is 0.130. The highest BCUT2D eigenvalue weighted by atomic mass is 32.1. The zero-order valence-electron chi connectivity index (χ0n) is 11.7. The molecule has 5 nitrogen and oxygen atoms in total. The molecule has 1 amide bonds. The van der Waals surface area contributed by atoms with Crippen LogP contribution in [-0.2, 0) is 9.53 Å². The van der Waals surface area contributed by atoms with Crippen LogP contribution in [0.5, 0.6) is 0 Å². The van der Waals surface area contributed by atoms with Crippen molar-refractivity contribution in [2.45, 2.75) is 18.9 Å². The number of thiophene rings is 1. The van der Waals surface area contributed by atoms with Crippen molar-refractivity contribution in [3.8, 4) is 10.4 Å². The zero-order valence-corrected chi connectivity index (χ0v) is 12.6. The molecule has 0 aliphatic carbocycles. The fourth-order valence-corrected chi connectivity index (χ4v) is 3.34. The second-order valence-corrected chi connectivity index (χ2v) is 6.07. The first-order chi connectivity index (χ1) is 10.6. The summed E-state index contributed by atoms with van der Waals surface area (Å²) in [5.41, 5.74) is 1.25. The Morgan fingerprint density at radius 2 is 2.05 bits per heavy atom. The number of hydrogen-bond donors (Lipinski definition) is 2. The average Bonchev–Trinajstić information content (AvgIpc) is 3.17. The van der Waals surface area contributed by atoms with Crippen LogP contribution in [0.25, 0.3) is 10.4 Å². The predicted octanol–water partition coefficient (Wildman–Crippen LogP) is 3.23. The fraction of sp³-hybridized carbons (Fsp3) is 0.250. The SMILES string of the molecule is O=C(O)c1sc(-c2ccccc2)cc1NC(=O)[C@@H]1CCCO1. The molecule has 1 atom stereocenters. The van der Waals surface area contributed by atoms with Gasteiger partial charge in [-0.15, -0.1) is 11.3 Å². The van der Waals surface area contributed by atoms with E-state index in [-0.39, 0.29) is 10.8 Å².